The molecule has 0 unspecified atom stereocenters. The summed E-state index contributed by atoms with van der Waals surface area (Å²) >= 11 is 6.60. The van der Waals surface area contributed by atoms with Crippen LogP contribution < -0.4 is 9.47 Å². The molecule has 1 aromatic rings. The molecule has 0 aliphatic carbocycles. The van der Waals surface area contributed by atoms with Crippen LogP contribution in [0.25, 0.3) is 6.08 Å². The molecule has 0 radical (unpaired) electrons. The predicted molar refractivity (Wildman–Crippen MR) is 105 cm³/mol. The van der Waals surface area contributed by atoms with E-state index < -0.39 is 12.6 Å². The van der Waals surface area contributed by atoms with Gasteiger partial charge in [-0.05, 0) is 36.6 Å². The Morgan fingerprint density at radius 1 is 1.48 bits per heavy atom. The van der Waals surface area contributed by atoms with Crippen molar-refractivity contribution in [1.82, 2.24) is 4.90 Å². The number of methoxy groups -OCH3 is 1. The lowest BCUT2D eigenvalue weighted by Gasteiger charge is -2.18. The van der Waals surface area contributed by atoms with Gasteiger partial charge in [-0.2, -0.15) is 0 Å². The number of amides is 1. The van der Waals surface area contributed by atoms with Gasteiger partial charge in [-0.3, -0.25) is 9.69 Å². The first kappa shape index (κ1) is 19.7. The highest BCUT2D eigenvalue weighted by atomic mass is 32.2. The third-order valence-corrected chi connectivity index (χ3v) is 5.50. The highest BCUT2D eigenvalue weighted by Gasteiger charge is 2.34. The van der Waals surface area contributed by atoms with E-state index in [0.29, 0.717) is 27.3 Å². The Balaban J connectivity index is 1.74. The average molecular weight is 409 g/mol. The highest BCUT2D eigenvalue weighted by molar-refractivity contribution is 8.26. The summed E-state index contributed by atoms with van der Waals surface area (Å²) in [5.41, 5.74) is 0.729. The van der Waals surface area contributed by atoms with E-state index >= 15 is 0 Å². The quantitative estimate of drug-likeness (QED) is 0.543. The van der Waals surface area contributed by atoms with Gasteiger partial charge in [-0.1, -0.05) is 30.0 Å². The minimum absolute atomic E-state index is 0.0395. The monoisotopic (exact) mass is 409 g/mol. The van der Waals surface area contributed by atoms with Crippen LogP contribution in [0, 0.1) is 0 Å². The number of aliphatic carboxylic acids is 1. The number of carboxylic acid groups (broad SMARTS) is 1. The molecule has 27 heavy (non-hydrogen) atoms. The first-order chi connectivity index (χ1) is 13.0. The van der Waals surface area contributed by atoms with Crippen LogP contribution in [-0.2, 0) is 14.3 Å². The van der Waals surface area contributed by atoms with E-state index in [1.165, 1.54) is 18.9 Å². The van der Waals surface area contributed by atoms with Crippen molar-refractivity contribution in [3.05, 3.63) is 28.7 Å². The molecular formula is C18H19NO6S2. The van der Waals surface area contributed by atoms with Crippen molar-refractivity contribution >= 4 is 46.3 Å². The second-order valence-corrected chi connectivity index (χ2v) is 7.70. The zero-order valence-corrected chi connectivity index (χ0v) is 16.3. The van der Waals surface area contributed by atoms with Gasteiger partial charge in [0.2, 0.25) is 0 Å². The summed E-state index contributed by atoms with van der Waals surface area (Å²) in [5.74, 6) is -0.496. The van der Waals surface area contributed by atoms with Crippen molar-refractivity contribution in [2.45, 2.75) is 18.9 Å². The molecule has 1 atom stereocenters. The molecule has 1 N–H and O–H groups in total. The van der Waals surface area contributed by atoms with Crippen molar-refractivity contribution in [3.63, 3.8) is 0 Å². The van der Waals surface area contributed by atoms with Crippen LogP contribution in [0.5, 0.6) is 11.5 Å². The molecule has 7 nitrogen and oxygen atoms in total. The molecule has 0 saturated carbocycles. The van der Waals surface area contributed by atoms with E-state index in [0.717, 1.165) is 25.0 Å². The Bertz CT molecular complexity index is 788. The Kier molecular flexibility index (Phi) is 6.35. The van der Waals surface area contributed by atoms with Gasteiger partial charge in [0.1, 0.15) is 4.32 Å². The molecule has 0 bridgehead atoms. The summed E-state index contributed by atoms with van der Waals surface area (Å²) < 4.78 is 16.5. The van der Waals surface area contributed by atoms with Gasteiger partial charge in [0.05, 0.1) is 24.7 Å². The summed E-state index contributed by atoms with van der Waals surface area (Å²) in [7, 11) is 1.47. The third kappa shape index (κ3) is 4.79. The molecule has 2 aliphatic heterocycles. The zero-order chi connectivity index (χ0) is 19.4. The largest absolute Gasteiger partial charge is 0.493 e. The number of hydrogen-bond donors (Lipinski definition) is 1. The predicted octanol–water partition coefficient (Wildman–Crippen LogP) is 2.54. The van der Waals surface area contributed by atoms with Crippen LogP contribution in [0.3, 0.4) is 0 Å². The number of carboxylic acids is 1. The maximum atomic E-state index is 12.7. The second-order valence-electron chi connectivity index (χ2n) is 6.02. The number of rotatable bonds is 7. The van der Waals surface area contributed by atoms with E-state index in [1.807, 2.05) is 0 Å². The van der Waals surface area contributed by atoms with Crippen LogP contribution in [0.2, 0.25) is 0 Å². The average Bonchev–Trinajstić information content (AvgIpc) is 3.24. The Hall–Kier alpha value is -2.10. The van der Waals surface area contributed by atoms with E-state index in [1.54, 1.807) is 29.2 Å². The van der Waals surface area contributed by atoms with Gasteiger partial charge in [0.25, 0.3) is 5.91 Å². The van der Waals surface area contributed by atoms with Crippen molar-refractivity contribution < 1.29 is 28.9 Å². The SMILES string of the molecule is COc1cc(/C=C2\SC(=S)N(C[C@@H]3CCCO3)C2=O)ccc1OCC(=O)O. The molecule has 0 spiro atoms. The summed E-state index contributed by atoms with van der Waals surface area (Å²) in [6.07, 6.45) is 3.71. The standard InChI is InChI=1S/C18H19NO6S2/c1-23-14-7-11(4-5-13(14)25-10-16(20)21)8-15-17(22)19(18(26)27-15)9-12-3-2-6-24-12/h4-5,7-8,12H,2-3,6,9-10H2,1H3,(H,20,21)/b15-8-/t12-/m0/s1. The lowest BCUT2D eigenvalue weighted by atomic mass is 10.1. The number of carbonyl (C=O) groups is 2. The summed E-state index contributed by atoms with van der Waals surface area (Å²) in [4.78, 5) is 25.4. The van der Waals surface area contributed by atoms with E-state index in [2.05, 4.69) is 0 Å². The van der Waals surface area contributed by atoms with E-state index in [4.69, 9.17) is 31.5 Å². The first-order valence-corrected chi connectivity index (χ1v) is 9.60. The molecule has 2 fully saturated rings. The number of nitrogens with zero attached hydrogens (tertiary/aromatic N) is 1. The van der Waals surface area contributed by atoms with Gasteiger partial charge in [-0.25, -0.2) is 4.79 Å². The van der Waals surface area contributed by atoms with Crippen LogP contribution in [0.15, 0.2) is 23.1 Å². The molecule has 144 valence electrons. The smallest absolute Gasteiger partial charge is 0.341 e. The lowest BCUT2D eigenvalue weighted by Crippen LogP contribution is -2.35. The van der Waals surface area contributed by atoms with Crippen LogP contribution in [0.4, 0.5) is 0 Å². The van der Waals surface area contributed by atoms with Gasteiger partial charge in [-0.15, -0.1) is 0 Å². The van der Waals surface area contributed by atoms with Crippen molar-refractivity contribution in [2.75, 3.05) is 26.9 Å². The maximum absolute atomic E-state index is 12.7. The third-order valence-electron chi connectivity index (χ3n) is 4.12. The summed E-state index contributed by atoms with van der Waals surface area (Å²) in [6.45, 7) is 0.746. The Labute approximate surface area is 166 Å². The fourth-order valence-corrected chi connectivity index (χ4v) is 4.11. The van der Waals surface area contributed by atoms with Crippen molar-refractivity contribution in [1.29, 1.82) is 0 Å². The van der Waals surface area contributed by atoms with Crippen LogP contribution in [-0.4, -0.2) is 59.2 Å². The normalized spacial score (nSPS) is 21.1. The number of thiocarbonyl (C=S) groups is 1. The Morgan fingerprint density at radius 3 is 2.96 bits per heavy atom. The van der Waals surface area contributed by atoms with Gasteiger partial charge < -0.3 is 19.3 Å². The maximum Gasteiger partial charge on any atom is 0.341 e. The van der Waals surface area contributed by atoms with E-state index in [-0.39, 0.29) is 12.0 Å². The highest BCUT2D eigenvalue weighted by Crippen LogP contribution is 2.35. The lowest BCUT2D eigenvalue weighted by molar-refractivity contribution is -0.139. The first-order valence-electron chi connectivity index (χ1n) is 8.37. The zero-order valence-electron chi connectivity index (χ0n) is 14.7. The molecule has 2 saturated heterocycles. The minimum atomic E-state index is -1.07. The van der Waals surface area contributed by atoms with Crippen LogP contribution >= 0.6 is 24.0 Å². The fraction of sp³-hybridized carbons (Fsp3) is 0.389. The fourth-order valence-electron chi connectivity index (χ4n) is 2.83. The van der Waals surface area contributed by atoms with Crippen LogP contribution in [0.1, 0.15) is 18.4 Å². The number of ether oxygens (including phenoxy) is 3. The summed E-state index contributed by atoms with van der Waals surface area (Å²) in [5, 5.41) is 8.72. The molecule has 1 amide bonds. The van der Waals surface area contributed by atoms with Gasteiger partial charge >= 0.3 is 5.97 Å². The molecule has 9 heteroatoms. The van der Waals surface area contributed by atoms with Crippen molar-refractivity contribution in [2.24, 2.45) is 0 Å². The second kappa shape index (κ2) is 8.73. The number of thioether (sulfide) groups is 1. The number of benzene rings is 1. The molecule has 2 aliphatic rings. The van der Waals surface area contributed by atoms with Gasteiger partial charge in [0.15, 0.2) is 18.1 Å². The van der Waals surface area contributed by atoms with Gasteiger partial charge in [0, 0.05) is 6.61 Å². The molecule has 0 aromatic heterocycles. The summed E-state index contributed by atoms with van der Waals surface area (Å²) in [6, 6.07) is 5.02. The minimum Gasteiger partial charge on any atom is -0.493 e. The number of hydrogen-bond acceptors (Lipinski definition) is 7. The number of carbonyl (C=O) groups excluding carboxylic acids is 1. The molecular weight excluding hydrogens is 390 g/mol. The van der Waals surface area contributed by atoms with Crippen molar-refractivity contribution in [3.8, 4) is 11.5 Å². The Morgan fingerprint density at radius 2 is 2.30 bits per heavy atom. The van der Waals surface area contributed by atoms with E-state index in [9.17, 15) is 9.59 Å². The molecule has 1 aromatic carbocycles. The topological polar surface area (TPSA) is 85.3 Å². The molecule has 2 heterocycles. The molecule has 3 rings (SSSR count).